The first-order valence-electron chi connectivity index (χ1n) is 4.95. The van der Waals surface area contributed by atoms with E-state index in [0.717, 1.165) is 19.3 Å². The highest BCUT2D eigenvalue weighted by Crippen LogP contribution is 2.02. The molecular weight excluding hydrogens is 192 g/mol. The van der Waals surface area contributed by atoms with Crippen molar-refractivity contribution in [3.63, 3.8) is 0 Å². The molecule has 0 aliphatic carbocycles. The molecule has 1 aromatic heterocycles. The highest BCUT2D eigenvalue weighted by molar-refractivity contribution is 7.09. The van der Waals surface area contributed by atoms with E-state index < -0.39 is 0 Å². The molecule has 0 unspecified atom stereocenters. The van der Waals surface area contributed by atoms with Crippen molar-refractivity contribution in [2.24, 2.45) is 4.99 Å². The molecule has 14 heavy (non-hydrogen) atoms. The Morgan fingerprint density at radius 1 is 1.36 bits per heavy atom. The third-order valence-electron chi connectivity index (χ3n) is 1.91. The van der Waals surface area contributed by atoms with Crippen LogP contribution in [0.25, 0.3) is 0 Å². The normalized spacial score (nSPS) is 13.4. The summed E-state index contributed by atoms with van der Waals surface area (Å²) in [5.74, 6) is 0. The van der Waals surface area contributed by atoms with Crippen LogP contribution < -0.4 is 0 Å². The van der Waals surface area contributed by atoms with Gasteiger partial charge in [0.2, 0.25) is 0 Å². The Kier molecular flexibility index (Phi) is 5.15. The lowest BCUT2D eigenvalue weighted by Crippen LogP contribution is -1.86. The largest absolute Gasteiger partial charge is 0.266 e. The summed E-state index contributed by atoms with van der Waals surface area (Å²) in [5, 5.41) is 3.22. The monoisotopic (exact) mass is 208 g/mol. The molecule has 3 heteroatoms. The quantitative estimate of drug-likeness (QED) is 0.730. The zero-order chi connectivity index (χ0) is 10.2. The van der Waals surface area contributed by atoms with Gasteiger partial charge in [-0.05, 0) is 12.8 Å². The van der Waals surface area contributed by atoms with Crippen LogP contribution in [-0.4, -0.2) is 10.7 Å². The number of aryl methyl sites for hydroxylation is 1. The Balaban J connectivity index is 0.000000140. The van der Waals surface area contributed by atoms with Crippen LogP contribution in [-0.2, 0) is 6.42 Å². The third-order valence-corrected chi connectivity index (χ3v) is 2.83. The fraction of sp³-hybridized carbons (Fsp3) is 0.455. The lowest BCUT2D eigenvalue weighted by molar-refractivity contribution is 1.09. The Bertz CT molecular complexity index is 299. The number of thiazole rings is 1. The second-order valence-corrected chi connectivity index (χ2v) is 3.90. The predicted molar refractivity (Wildman–Crippen MR) is 63.0 cm³/mol. The van der Waals surface area contributed by atoms with Gasteiger partial charge in [0, 0.05) is 29.9 Å². The molecule has 0 saturated carbocycles. The van der Waals surface area contributed by atoms with Crippen LogP contribution in [0.2, 0.25) is 0 Å². The first-order chi connectivity index (χ1) is 6.86. The second-order valence-electron chi connectivity index (χ2n) is 2.92. The molecule has 2 heterocycles. The van der Waals surface area contributed by atoms with Crippen molar-refractivity contribution in [3.8, 4) is 0 Å². The van der Waals surface area contributed by atoms with Crippen molar-refractivity contribution in [2.75, 3.05) is 0 Å². The van der Waals surface area contributed by atoms with Gasteiger partial charge in [0.1, 0.15) is 0 Å². The van der Waals surface area contributed by atoms with Crippen molar-refractivity contribution >= 4 is 17.0 Å². The third kappa shape index (κ3) is 3.83. The SMILES string of the molecule is CCC1=NC=CC1.CCc1nccs1. The molecule has 2 rings (SSSR count). The molecule has 1 aliphatic heterocycles. The van der Waals surface area contributed by atoms with Crippen molar-refractivity contribution in [2.45, 2.75) is 33.1 Å². The van der Waals surface area contributed by atoms with Gasteiger partial charge in [0.25, 0.3) is 0 Å². The average molecular weight is 208 g/mol. The fourth-order valence-corrected chi connectivity index (χ4v) is 1.63. The van der Waals surface area contributed by atoms with Gasteiger partial charge in [-0.2, -0.15) is 0 Å². The number of rotatable bonds is 2. The van der Waals surface area contributed by atoms with E-state index in [1.54, 1.807) is 11.3 Å². The molecule has 0 aromatic carbocycles. The smallest absolute Gasteiger partial charge is 0.0922 e. The highest BCUT2D eigenvalue weighted by atomic mass is 32.1. The van der Waals surface area contributed by atoms with Gasteiger partial charge in [0.05, 0.1) is 5.01 Å². The Morgan fingerprint density at radius 2 is 2.21 bits per heavy atom. The van der Waals surface area contributed by atoms with Gasteiger partial charge < -0.3 is 0 Å². The molecule has 0 atom stereocenters. The van der Waals surface area contributed by atoms with E-state index in [1.165, 1.54) is 10.7 Å². The van der Waals surface area contributed by atoms with E-state index in [2.05, 4.69) is 29.9 Å². The number of hydrogen-bond acceptors (Lipinski definition) is 3. The second kappa shape index (κ2) is 6.49. The van der Waals surface area contributed by atoms with Gasteiger partial charge in [-0.15, -0.1) is 11.3 Å². The lowest BCUT2D eigenvalue weighted by atomic mass is 10.2. The summed E-state index contributed by atoms with van der Waals surface area (Å²) in [6, 6.07) is 0. The minimum absolute atomic E-state index is 1.07. The Labute approximate surface area is 89.4 Å². The summed E-state index contributed by atoms with van der Waals surface area (Å²) in [4.78, 5) is 8.14. The summed E-state index contributed by atoms with van der Waals surface area (Å²) < 4.78 is 0. The van der Waals surface area contributed by atoms with Crippen molar-refractivity contribution in [1.29, 1.82) is 0 Å². The van der Waals surface area contributed by atoms with E-state index in [9.17, 15) is 0 Å². The molecule has 1 aromatic rings. The predicted octanol–water partition coefficient (Wildman–Crippen LogP) is 3.46. The molecule has 0 saturated heterocycles. The maximum absolute atomic E-state index is 4.09. The summed E-state index contributed by atoms with van der Waals surface area (Å²) in [7, 11) is 0. The van der Waals surface area contributed by atoms with E-state index in [-0.39, 0.29) is 0 Å². The summed E-state index contributed by atoms with van der Waals surface area (Å²) in [5.41, 5.74) is 1.31. The number of aromatic nitrogens is 1. The highest BCUT2D eigenvalue weighted by Gasteiger charge is 1.94. The summed E-state index contributed by atoms with van der Waals surface area (Å²) in [6.07, 6.45) is 9.04. The first kappa shape index (κ1) is 11.1. The number of aliphatic imine (C=N–C) groups is 1. The average Bonchev–Trinajstić information content (AvgIpc) is 2.92. The minimum Gasteiger partial charge on any atom is -0.266 e. The minimum atomic E-state index is 1.07. The molecule has 0 radical (unpaired) electrons. The van der Waals surface area contributed by atoms with Crippen LogP contribution in [0.1, 0.15) is 31.7 Å². The maximum Gasteiger partial charge on any atom is 0.0922 e. The van der Waals surface area contributed by atoms with Crippen LogP contribution >= 0.6 is 11.3 Å². The molecule has 0 amide bonds. The number of hydrogen-bond donors (Lipinski definition) is 0. The molecule has 76 valence electrons. The van der Waals surface area contributed by atoms with E-state index >= 15 is 0 Å². The molecule has 0 fully saturated rings. The Morgan fingerprint density at radius 3 is 2.50 bits per heavy atom. The zero-order valence-corrected chi connectivity index (χ0v) is 9.55. The standard InChI is InChI=1S/C6H9N.C5H7NS/c1-2-6-4-3-5-7-6;1-2-5-6-3-4-7-5/h3,5H,2,4H2,1H3;3-4H,2H2,1H3. The van der Waals surface area contributed by atoms with Crippen LogP contribution in [0.15, 0.2) is 28.8 Å². The van der Waals surface area contributed by atoms with E-state index in [1.807, 2.05) is 17.8 Å². The van der Waals surface area contributed by atoms with Crippen LogP contribution in [0.3, 0.4) is 0 Å². The topological polar surface area (TPSA) is 25.2 Å². The summed E-state index contributed by atoms with van der Waals surface area (Å²) in [6.45, 7) is 4.24. The Hall–Kier alpha value is -0.960. The molecule has 1 aliphatic rings. The molecular formula is C11H16N2S. The molecule has 0 N–H and O–H groups in total. The van der Waals surface area contributed by atoms with Crippen molar-refractivity contribution < 1.29 is 0 Å². The molecule has 0 spiro atoms. The van der Waals surface area contributed by atoms with E-state index in [0.29, 0.717) is 0 Å². The van der Waals surface area contributed by atoms with Crippen molar-refractivity contribution in [1.82, 2.24) is 4.98 Å². The lowest BCUT2D eigenvalue weighted by Gasteiger charge is -1.86. The van der Waals surface area contributed by atoms with Crippen LogP contribution in [0.4, 0.5) is 0 Å². The van der Waals surface area contributed by atoms with E-state index in [4.69, 9.17) is 0 Å². The zero-order valence-electron chi connectivity index (χ0n) is 8.73. The van der Waals surface area contributed by atoms with Crippen LogP contribution in [0, 0.1) is 0 Å². The van der Waals surface area contributed by atoms with Gasteiger partial charge in [-0.25, -0.2) is 4.98 Å². The maximum atomic E-state index is 4.09. The van der Waals surface area contributed by atoms with Gasteiger partial charge in [0.15, 0.2) is 0 Å². The number of nitrogens with zero attached hydrogens (tertiary/aromatic N) is 2. The molecule has 2 nitrogen and oxygen atoms in total. The summed E-state index contributed by atoms with van der Waals surface area (Å²) >= 11 is 1.71. The molecule has 0 bridgehead atoms. The first-order valence-corrected chi connectivity index (χ1v) is 5.83. The van der Waals surface area contributed by atoms with Crippen molar-refractivity contribution in [3.05, 3.63) is 28.9 Å². The van der Waals surface area contributed by atoms with Gasteiger partial charge >= 0.3 is 0 Å². The fourth-order valence-electron chi connectivity index (χ4n) is 1.06. The number of allylic oxidation sites excluding steroid dienone is 1. The van der Waals surface area contributed by atoms with Gasteiger partial charge in [-0.3, -0.25) is 4.99 Å². The van der Waals surface area contributed by atoms with Gasteiger partial charge in [-0.1, -0.05) is 19.9 Å². The van der Waals surface area contributed by atoms with Crippen LogP contribution in [0.5, 0.6) is 0 Å².